The van der Waals surface area contributed by atoms with Crippen molar-refractivity contribution in [1.82, 2.24) is 19.7 Å². The number of anilines is 1. The van der Waals surface area contributed by atoms with E-state index in [4.69, 9.17) is 11.6 Å². The molecule has 0 aliphatic carbocycles. The van der Waals surface area contributed by atoms with Gasteiger partial charge in [0, 0.05) is 49.6 Å². The number of aryl methyl sites for hydroxylation is 4. The highest BCUT2D eigenvalue weighted by molar-refractivity contribution is 6.30. The van der Waals surface area contributed by atoms with Crippen molar-refractivity contribution in [3.05, 3.63) is 51.8 Å². The maximum absolute atomic E-state index is 13.3. The molecule has 1 fully saturated rings. The molecule has 7 heteroatoms. The Morgan fingerprint density at radius 3 is 2.50 bits per heavy atom. The zero-order valence-corrected chi connectivity index (χ0v) is 17.4. The largest absolute Gasteiger partial charge is 0.368 e. The van der Waals surface area contributed by atoms with Crippen molar-refractivity contribution in [2.24, 2.45) is 7.05 Å². The van der Waals surface area contributed by atoms with Gasteiger partial charge in [0.25, 0.3) is 5.91 Å². The van der Waals surface area contributed by atoms with Gasteiger partial charge in [0.2, 0.25) is 0 Å². The van der Waals surface area contributed by atoms with E-state index in [1.165, 1.54) is 5.56 Å². The molecule has 0 unspecified atom stereocenters. The number of hydrogen-bond donors (Lipinski definition) is 0. The standard InChI is InChI=1S/C21H24ClN5O/c1-13-5-6-16(22)12-18(13)26-7-9-27(10-8-26)21(28)17-11-14(2)23-20-19(17)15(3)24-25(20)4/h5-6,11-12H,7-10H2,1-4H3. The molecule has 146 valence electrons. The Bertz CT molecular complexity index is 1070. The summed E-state index contributed by atoms with van der Waals surface area (Å²) in [6, 6.07) is 7.83. The van der Waals surface area contributed by atoms with Crippen molar-refractivity contribution in [3.63, 3.8) is 0 Å². The number of pyridine rings is 1. The minimum absolute atomic E-state index is 0.0501. The van der Waals surface area contributed by atoms with Crippen molar-refractivity contribution in [2.75, 3.05) is 31.1 Å². The predicted molar refractivity (Wildman–Crippen MR) is 112 cm³/mol. The van der Waals surface area contributed by atoms with E-state index < -0.39 is 0 Å². The summed E-state index contributed by atoms with van der Waals surface area (Å²) in [6.45, 7) is 8.84. The second kappa shape index (κ2) is 7.09. The molecular formula is C21H24ClN5O. The molecule has 1 amide bonds. The van der Waals surface area contributed by atoms with Crippen LogP contribution >= 0.6 is 11.6 Å². The average molecular weight is 398 g/mol. The molecule has 28 heavy (non-hydrogen) atoms. The van der Waals surface area contributed by atoms with Gasteiger partial charge in [-0.2, -0.15) is 5.10 Å². The van der Waals surface area contributed by atoms with Crippen LogP contribution in [0.3, 0.4) is 0 Å². The molecule has 6 nitrogen and oxygen atoms in total. The normalized spacial score (nSPS) is 14.8. The number of fused-ring (bicyclic) bond motifs is 1. The number of piperazine rings is 1. The van der Waals surface area contributed by atoms with Crippen molar-refractivity contribution >= 4 is 34.2 Å². The summed E-state index contributed by atoms with van der Waals surface area (Å²) in [5.74, 6) is 0.0501. The molecule has 1 aromatic carbocycles. The minimum atomic E-state index is 0.0501. The van der Waals surface area contributed by atoms with Crippen molar-refractivity contribution in [2.45, 2.75) is 20.8 Å². The van der Waals surface area contributed by atoms with Gasteiger partial charge < -0.3 is 9.80 Å². The van der Waals surface area contributed by atoms with Gasteiger partial charge in [-0.3, -0.25) is 9.48 Å². The fraction of sp³-hybridized carbons (Fsp3) is 0.381. The Morgan fingerprint density at radius 1 is 1.07 bits per heavy atom. The van der Waals surface area contributed by atoms with Crippen LogP contribution in [-0.4, -0.2) is 51.8 Å². The van der Waals surface area contributed by atoms with Gasteiger partial charge in [0.15, 0.2) is 5.65 Å². The maximum atomic E-state index is 13.3. The van der Waals surface area contributed by atoms with E-state index in [1.807, 2.05) is 50.1 Å². The van der Waals surface area contributed by atoms with Crippen LogP contribution in [0.25, 0.3) is 11.0 Å². The zero-order valence-electron chi connectivity index (χ0n) is 16.7. The number of benzene rings is 1. The van der Waals surface area contributed by atoms with E-state index in [2.05, 4.69) is 21.9 Å². The predicted octanol–water partition coefficient (Wildman–Crippen LogP) is 3.51. The highest BCUT2D eigenvalue weighted by Gasteiger charge is 2.26. The summed E-state index contributed by atoms with van der Waals surface area (Å²) in [7, 11) is 1.86. The molecule has 1 aliphatic heterocycles. The number of halogens is 1. The van der Waals surface area contributed by atoms with Crippen LogP contribution in [-0.2, 0) is 7.05 Å². The molecule has 0 atom stereocenters. The minimum Gasteiger partial charge on any atom is -0.368 e. The second-order valence-corrected chi connectivity index (χ2v) is 7.87. The Kier molecular flexibility index (Phi) is 4.75. The first-order valence-electron chi connectivity index (χ1n) is 9.46. The third kappa shape index (κ3) is 3.22. The van der Waals surface area contributed by atoms with Crippen LogP contribution in [0.15, 0.2) is 24.3 Å². The molecule has 0 saturated carbocycles. The highest BCUT2D eigenvalue weighted by atomic mass is 35.5. The summed E-state index contributed by atoms with van der Waals surface area (Å²) in [5.41, 5.74) is 5.45. The SMILES string of the molecule is Cc1cc(C(=O)N2CCN(c3cc(Cl)ccc3C)CC2)c2c(C)nn(C)c2n1. The summed E-state index contributed by atoms with van der Waals surface area (Å²) in [5, 5.41) is 6.04. The van der Waals surface area contributed by atoms with Gasteiger partial charge in [0.1, 0.15) is 0 Å². The number of carbonyl (C=O) groups excluding carboxylic acids is 1. The van der Waals surface area contributed by atoms with Crippen LogP contribution in [0.4, 0.5) is 5.69 Å². The molecule has 1 aliphatic rings. The van der Waals surface area contributed by atoms with Crippen LogP contribution in [0.1, 0.15) is 27.3 Å². The van der Waals surface area contributed by atoms with E-state index in [9.17, 15) is 4.79 Å². The summed E-state index contributed by atoms with van der Waals surface area (Å²) < 4.78 is 1.74. The lowest BCUT2D eigenvalue weighted by Crippen LogP contribution is -2.49. The molecule has 2 aromatic heterocycles. The van der Waals surface area contributed by atoms with Crippen molar-refractivity contribution in [1.29, 1.82) is 0 Å². The first-order chi connectivity index (χ1) is 13.3. The van der Waals surface area contributed by atoms with E-state index in [0.29, 0.717) is 18.7 Å². The third-order valence-corrected chi connectivity index (χ3v) is 5.64. The highest BCUT2D eigenvalue weighted by Crippen LogP contribution is 2.27. The fourth-order valence-electron chi connectivity index (χ4n) is 3.98. The average Bonchev–Trinajstić information content (AvgIpc) is 2.96. The van der Waals surface area contributed by atoms with E-state index in [-0.39, 0.29) is 5.91 Å². The van der Waals surface area contributed by atoms with Gasteiger partial charge >= 0.3 is 0 Å². The number of carbonyl (C=O) groups is 1. The molecule has 0 spiro atoms. The van der Waals surface area contributed by atoms with E-state index in [0.717, 1.165) is 46.2 Å². The maximum Gasteiger partial charge on any atom is 0.254 e. The van der Waals surface area contributed by atoms with E-state index >= 15 is 0 Å². The lowest BCUT2D eigenvalue weighted by Gasteiger charge is -2.37. The number of rotatable bonds is 2. The molecule has 4 rings (SSSR count). The molecule has 3 aromatic rings. The first-order valence-corrected chi connectivity index (χ1v) is 9.84. The summed E-state index contributed by atoms with van der Waals surface area (Å²) >= 11 is 6.18. The van der Waals surface area contributed by atoms with Gasteiger partial charge in [-0.25, -0.2) is 4.98 Å². The van der Waals surface area contributed by atoms with Gasteiger partial charge in [-0.15, -0.1) is 0 Å². The van der Waals surface area contributed by atoms with Crippen LogP contribution in [0, 0.1) is 20.8 Å². The Hall–Kier alpha value is -2.60. The topological polar surface area (TPSA) is 54.3 Å². The molecule has 3 heterocycles. The molecule has 0 radical (unpaired) electrons. The Balaban J connectivity index is 1.58. The van der Waals surface area contributed by atoms with Crippen LogP contribution in [0.2, 0.25) is 5.02 Å². The molecular weight excluding hydrogens is 374 g/mol. The lowest BCUT2D eigenvalue weighted by molar-refractivity contribution is 0.0748. The lowest BCUT2D eigenvalue weighted by atomic mass is 10.1. The smallest absolute Gasteiger partial charge is 0.254 e. The summed E-state index contributed by atoms with van der Waals surface area (Å²) in [6.07, 6.45) is 0. The first kappa shape index (κ1) is 18.7. The summed E-state index contributed by atoms with van der Waals surface area (Å²) in [4.78, 5) is 22.1. The Morgan fingerprint density at radius 2 is 1.79 bits per heavy atom. The fourth-order valence-corrected chi connectivity index (χ4v) is 4.15. The molecule has 0 N–H and O–H groups in total. The second-order valence-electron chi connectivity index (χ2n) is 7.43. The third-order valence-electron chi connectivity index (χ3n) is 5.41. The quantitative estimate of drug-likeness (QED) is 0.664. The van der Waals surface area contributed by atoms with Gasteiger partial charge in [-0.05, 0) is 44.5 Å². The van der Waals surface area contributed by atoms with Crippen molar-refractivity contribution in [3.8, 4) is 0 Å². The van der Waals surface area contributed by atoms with Gasteiger partial charge in [0.05, 0.1) is 16.6 Å². The molecule has 1 saturated heterocycles. The number of amides is 1. The van der Waals surface area contributed by atoms with Crippen LogP contribution in [0.5, 0.6) is 0 Å². The monoisotopic (exact) mass is 397 g/mol. The van der Waals surface area contributed by atoms with Gasteiger partial charge in [-0.1, -0.05) is 17.7 Å². The van der Waals surface area contributed by atoms with Crippen molar-refractivity contribution < 1.29 is 4.79 Å². The van der Waals surface area contributed by atoms with Crippen LogP contribution < -0.4 is 4.90 Å². The number of hydrogen-bond acceptors (Lipinski definition) is 4. The number of nitrogens with zero attached hydrogens (tertiary/aromatic N) is 5. The molecule has 0 bridgehead atoms. The number of aromatic nitrogens is 3. The Labute approximate surface area is 169 Å². The zero-order chi connectivity index (χ0) is 20.0. The van der Waals surface area contributed by atoms with E-state index in [1.54, 1.807) is 4.68 Å².